The maximum absolute atomic E-state index is 15.5. The first-order chi connectivity index (χ1) is 20.8. The Hall–Kier alpha value is -3.79. The van der Waals surface area contributed by atoms with Crippen LogP contribution < -0.4 is 10.5 Å². The second kappa shape index (κ2) is 11.0. The van der Waals surface area contributed by atoms with E-state index < -0.39 is 15.8 Å². The first kappa shape index (κ1) is 28.0. The molecular weight excluding hydrogens is 592 g/mol. The monoisotopic (exact) mass is 622 g/mol. The molecule has 4 heterocycles. The molecular formula is C28H31FN10O2S2. The summed E-state index contributed by atoms with van der Waals surface area (Å²) < 4.78 is 54.3. The summed E-state index contributed by atoms with van der Waals surface area (Å²) in [7, 11) is -1.96. The minimum absolute atomic E-state index is 0.0702. The van der Waals surface area contributed by atoms with Gasteiger partial charge in [-0.15, -0.1) is 0 Å². The van der Waals surface area contributed by atoms with Gasteiger partial charge < -0.3 is 10.6 Å². The molecule has 3 aromatic heterocycles. The molecule has 12 nitrogen and oxygen atoms in total. The maximum atomic E-state index is 15.5. The largest absolute Gasteiger partial charge is 0.383 e. The summed E-state index contributed by atoms with van der Waals surface area (Å²) in [6, 6.07) is 9.62. The van der Waals surface area contributed by atoms with Crippen molar-refractivity contribution in [2.24, 2.45) is 0 Å². The Morgan fingerprint density at radius 3 is 2.53 bits per heavy atom. The molecule has 0 unspecified atom stereocenters. The molecule has 3 N–H and O–H groups in total. The van der Waals surface area contributed by atoms with Crippen LogP contribution in [-0.2, 0) is 10.0 Å². The highest BCUT2D eigenvalue weighted by Crippen LogP contribution is 2.38. The maximum Gasteiger partial charge on any atom is 0.264 e. The van der Waals surface area contributed by atoms with Gasteiger partial charge in [-0.1, -0.05) is 12.1 Å². The summed E-state index contributed by atoms with van der Waals surface area (Å²) in [6.45, 7) is 4.39. The molecule has 7 rings (SSSR count). The fourth-order valence-electron chi connectivity index (χ4n) is 6.25. The average molecular weight is 623 g/mol. The second-order valence-electron chi connectivity index (χ2n) is 11.2. The van der Waals surface area contributed by atoms with E-state index in [9.17, 15) is 8.42 Å². The molecule has 2 aromatic carbocycles. The Balaban J connectivity index is 1.16. The number of halogens is 1. The quantitative estimate of drug-likeness (QED) is 0.287. The van der Waals surface area contributed by atoms with Crippen molar-refractivity contribution in [3.05, 3.63) is 48.5 Å². The van der Waals surface area contributed by atoms with E-state index in [0.29, 0.717) is 33.8 Å². The number of likely N-dealkylation sites (N-methyl/N-ethyl adjacent to an activating group) is 1. The Kier molecular flexibility index (Phi) is 7.19. The number of hydrogen-bond donors (Lipinski definition) is 2. The van der Waals surface area contributed by atoms with Crippen LogP contribution in [0.2, 0.25) is 0 Å². The SMILES string of the molecule is CN1CCN(C2CCC(n3nc(-c4ccc(NS(=O)(=O)c5cccc6nsnc56)c(F)c4)c4c(N)ncnc43)CC2)CC1. The predicted molar refractivity (Wildman–Crippen MR) is 164 cm³/mol. The number of sulfonamides is 1. The second-order valence-corrected chi connectivity index (χ2v) is 13.4. The average Bonchev–Trinajstić information content (AvgIpc) is 3.65. The van der Waals surface area contributed by atoms with Crippen molar-refractivity contribution in [1.29, 1.82) is 0 Å². The third kappa shape index (κ3) is 5.19. The lowest BCUT2D eigenvalue weighted by atomic mass is 9.90. The smallest absolute Gasteiger partial charge is 0.264 e. The van der Waals surface area contributed by atoms with E-state index in [1.54, 1.807) is 18.2 Å². The van der Waals surface area contributed by atoms with Crippen LogP contribution in [0.1, 0.15) is 31.7 Å². The molecule has 0 bridgehead atoms. The number of nitrogen functional groups attached to an aromatic ring is 1. The lowest BCUT2D eigenvalue weighted by Crippen LogP contribution is -2.49. The summed E-state index contributed by atoms with van der Waals surface area (Å²) in [5.74, 6) is -0.497. The predicted octanol–water partition coefficient (Wildman–Crippen LogP) is 3.75. The lowest BCUT2D eigenvalue weighted by Gasteiger charge is -2.41. The first-order valence-corrected chi connectivity index (χ1v) is 16.4. The number of nitrogens with zero attached hydrogens (tertiary/aromatic N) is 8. The summed E-state index contributed by atoms with van der Waals surface area (Å²) in [5.41, 5.74) is 8.33. The van der Waals surface area contributed by atoms with Gasteiger partial charge in [0.2, 0.25) is 0 Å². The Morgan fingerprint density at radius 2 is 1.77 bits per heavy atom. The van der Waals surface area contributed by atoms with E-state index in [1.807, 2.05) is 4.68 Å². The van der Waals surface area contributed by atoms with Crippen molar-refractivity contribution < 1.29 is 12.8 Å². The van der Waals surface area contributed by atoms with Gasteiger partial charge >= 0.3 is 0 Å². The normalized spacial score (nSPS) is 20.6. The summed E-state index contributed by atoms with van der Waals surface area (Å²) in [6.07, 6.45) is 5.47. The zero-order valence-electron chi connectivity index (χ0n) is 23.5. The van der Waals surface area contributed by atoms with Gasteiger partial charge in [-0.05, 0) is 57.0 Å². The number of fused-ring (bicyclic) bond motifs is 2. The molecule has 224 valence electrons. The third-order valence-electron chi connectivity index (χ3n) is 8.61. The highest BCUT2D eigenvalue weighted by atomic mass is 32.2. The van der Waals surface area contributed by atoms with Gasteiger partial charge in [0.25, 0.3) is 10.0 Å². The molecule has 2 fully saturated rings. The van der Waals surface area contributed by atoms with E-state index in [2.05, 4.69) is 40.3 Å². The Morgan fingerprint density at radius 1 is 1.00 bits per heavy atom. The van der Waals surface area contributed by atoms with Crippen molar-refractivity contribution in [3.8, 4) is 11.3 Å². The molecule has 43 heavy (non-hydrogen) atoms. The number of rotatable bonds is 6. The fraction of sp³-hybridized carbons (Fsp3) is 0.393. The van der Waals surface area contributed by atoms with Crippen molar-refractivity contribution in [1.82, 2.24) is 38.3 Å². The number of benzene rings is 2. The molecule has 1 saturated heterocycles. The van der Waals surface area contributed by atoms with Gasteiger partial charge in [0, 0.05) is 37.8 Å². The van der Waals surface area contributed by atoms with Crippen LogP contribution in [0.15, 0.2) is 47.6 Å². The number of hydrogen-bond acceptors (Lipinski definition) is 11. The van der Waals surface area contributed by atoms with Crippen LogP contribution in [0.25, 0.3) is 33.3 Å². The van der Waals surface area contributed by atoms with E-state index in [1.165, 1.54) is 24.5 Å². The molecule has 0 radical (unpaired) electrons. The van der Waals surface area contributed by atoms with Crippen molar-refractivity contribution in [2.75, 3.05) is 43.7 Å². The van der Waals surface area contributed by atoms with Crippen LogP contribution in [0.5, 0.6) is 0 Å². The summed E-state index contributed by atoms with van der Waals surface area (Å²) in [4.78, 5) is 13.6. The van der Waals surface area contributed by atoms with Gasteiger partial charge in [-0.25, -0.2) is 27.5 Å². The Labute approximate surface area is 252 Å². The lowest BCUT2D eigenvalue weighted by molar-refractivity contribution is 0.0815. The van der Waals surface area contributed by atoms with Crippen molar-refractivity contribution >= 4 is 55.3 Å². The molecule has 5 aromatic rings. The molecule has 2 aliphatic rings. The number of aromatic nitrogens is 6. The molecule has 1 aliphatic heterocycles. The first-order valence-electron chi connectivity index (χ1n) is 14.2. The zero-order chi connectivity index (χ0) is 29.7. The fourth-order valence-corrected chi connectivity index (χ4v) is 8.09. The minimum Gasteiger partial charge on any atom is -0.383 e. The van der Waals surface area contributed by atoms with Gasteiger partial charge in [0.1, 0.15) is 39.6 Å². The van der Waals surface area contributed by atoms with Crippen LogP contribution in [0, 0.1) is 5.82 Å². The van der Waals surface area contributed by atoms with E-state index in [4.69, 9.17) is 10.8 Å². The molecule has 1 aliphatic carbocycles. The zero-order valence-corrected chi connectivity index (χ0v) is 25.2. The van der Waals surface area contributed by atoms with Gasteiger partial charge in [0.05, 0.1) is 28.8 Å². The molecule has 1 saturated carbocycles. The van der Waals surface area contributed by atoms with Gasteiger partial charge in [0.15, 0.2) is 5.65 Å². The van der Waals surface area contributed by atoms with Gasteiger partial charge in [-0.3, -0.25) is 9.62 Å². The van der Waals surface area contributed by atoms with Crippen molar-refractivity contribution in [2.45, 2.75) is 42.7 Å². The van der Waals surface area contributed by atoms with Crippen LogP contribution in [0.3, 0.4) is 0 Å². The highest BCUT2D eigenvalue weighted by molar-refractivity contribution is 7.93. The van der Waals surface area contributed by atoms with E-state index in [-0.39, 0.29) is 28.0 Å². The number of nitrogens with two attached hydrogens (primary N) is 1. The molecule has 0 atom stereocenters. The van der Waals surface area contributed by atoms with Crippen molar-refractivity contribution in [3.63, 3.8) is 0 Å². The third-order valence-corrected chi connectivity index (χ3v) is 10.5. The van der Waals surface area contributed by atoms with Gasteiger partial charge in [-0.2, -0.15) is 13.8 Å². The van der Waals surface area contributed by atoms with E-state index in [0.717, 1.165) is 63.6 Å². The molecule has 0 amide bonds. The number of nitrogens with one attached hydrogen (secondary N) is 1. The van der Waals surface area contributed by atoms with Crippen LogP contribution >= 0.6 is 11.7 Å². The van der Waals surface area contributed by atoms with Crippen LogP contribution in [0.4, 0.5) is 15.9 Å². The topological polar surface area (TPSA) is 148 Å². The summed E-state index contributed by atoms with van der Waals surface area (Å²) >= 11 is 0.913. The standard InChI is InChI=1S/C28H31FN10O2S2/c1-37-11-13-38(14-12-37)18-6-8-19(9-7-18)39-28-24(27(30)31-16-32-28)25(33-39)17-5-10-21(20(29)15-17)36-43(40,41)23-4-2-3-22-26(23)35-42-34-22/h2-5,10,15-16,18-19,36H,6-9,11-14H2,1H3,(H2,30,31,32). The summed E-state index contributed by atoms with van der Waals surface area (Å²) in [5, 5.41) is 5.46. The Bertz CT molecular complexity index is 1910. The number of piperazine rings is 1. The molecule has 15 heteroatoms. The number of anilines is 2. The highest BCUT2D eigenvalue weighted by Gasteiger charge is 2.31. The molecule has 0 spiro atoms. The minimum atomic E-state index is -4.13. The van der Waals surface area contributed by atoms with Crippen LogP contribution in [-0.4, -0.2) is 86.0 Å². The van der Waals surface area contributed by atoms with E-state index >= 15 is 4.39 Å².